The largest absolute Gasteiger partial charge is 0.484 e. The lowest BCUT2D eigenvalue weighted by atomic mass is 9.69. The number of carbonyl (C=O) groups excluding carboxylic acids is 1. The number of aliphatic hydroxyl groups excluding tert-OH is 1. The SMILES string of the molecule is CCC.CCC(CC)(c1ccc(CCC(O)C(C)(C)C)c(C)c1)c1ccc(OCC(=O)NCC(=O)O)c(C)c1. The minimum atomic E-state index is -1.09. The summed E-state index contributed by atoms with van der Waals surface area (Å²) in [4.78, 5) is 22.4. The molecule has 218 valence electrons. The van der Waals surface area contributed by atoms with Gasteiger partial charge < -0.3 is 20.3 Å². The number of rotatable bonds is 12. The molecule has 1 unspecified atom stereocenters. The summed E-state index contributed by atoms with van der Waals surface area (Å²) in [5.74, 6) is -0.956. The van der Waals surface area contributed by atoms with Crippen molar-refractivity contribution in [3.63, 3.8) is 0 Å². The molecule has 2 aromatic carbocycles. The number of amides is 1. The number of nitrogens with one attached hydrogen (secondary N) is 1. The van der Waals surface area contributed by atoms with Crippen LogP contribution in [0.1, 0.15) is 102 Å². The minimum absolute atomic E-state index is 0.122. The van der Waals surface area contributed by atoms with E-state index in [0.29, 0.717) is 5.75 Å². The van der Waals surface area contributed by atoms with Crippen LogP contribution in [0.4, 0.5) is 0 Å². The first-order chi connectivity index (χ1) is 18.2. The van der Waals surface area contributed by atoms with Gasteiger partial charge in [0.15, 0.2) is 6.61 Å². The van der Waals surface area contributed by atoms with Crippen LogP contribution in [-0.4, -0.2) is 41.3 Å². The zero-order chi connectivity index (χ0) is 29.8. The predicted octanol–water partition coefficient (Wildman–Crippen LogP) is 6.75. The number of hydrogen-bond acceptors (Lipinski definition) is 4. The van der Waals surface area contributed by atoms with Crippen molar-refractivity contribution in [2.45, 2.75) is 106 Å². The first-order valence-electron chi connectivity index (χ1n) is 14.3. The zero-order valence-electron chi connectivity index (χ0n) is 25.6. The van der Waals surface area contributed by atoms with Crippen molar-refractivity contribution in [1.29, 1.82) is 0 Å². The van der Waals surface area contributed by atoms with E-state index in [1.165, 1.54) is 28.7 Å². The summed E-state index contributed by atoms with van der Waals surface area (Å²) in [6, 6.07) is 12.8. The van der Waals surface area contributed by atoms with Crippen LogP contribution in [0.5, 0.6) is 5.75 Å². The Bertz CT molecular complexity index is 1070. The normalized spacial score (nSPS) is 12.3. The summed E-state index contributed by atoms with van der Waals surface area (Å²) >= 11 is 0. The molecule has 0 saturated carbocycles. The molecule has 1 amide bonds. The third-order valence-corrected chi connectivity index (χ3v) is 7.31. The van der Waals surface area contributed by atoms with Gasteiger partial charge >= 0.3 is 5.97 Å². The molecule has 2 aromatic rings. The Morgan fingerprint density at radius 3 is 1.92 bits per heavy atom. The molecular formula is C33H51NO5. The first kappa shape index (κ1) is 34.2. The second-order valence-electron chi connectivity index (χ2n) is 11.5. The fourth-order valence-corrected chi connectivity index (χ4v) is 4.71. The van der Waals surface area contributed by atoms with Crippen molar-refractivity contribution >= 4 is 11.9 Å². The number of carbonyl (C=O) groups is 2. The van der Waals surface area contributed by atoms with Crippen LogP contribution >= 0.6 is 0 Å². The van der Waals surface area contributed by atoms with Crippen molar-refractivity contribution in [3.8, 4) is 5.75 Å². The van der Waals surface area contributed by atoms with Gasteiger partial charge in [0.25, 0.3) is 5.91 Å². The van der Waals surface area contributed by atoms with Crippen molar-refractivity contribution < 1.29 is 24.5 Å². The second kappa shape index (κ2) is 15.7. The third kappa shape index (κ3) is 9.99. The Labute approximate surface area is 236 Å². The van der Waals surface area contributed by atoms with Crippen LogP contribution in [0.15, 0.2) is 36.4 Å². The van der Waals surface area contributed by atoms with Crippen LogP contribution in [-0.2, 0) is 21.4 Å². The fraction of sp³-hybridized carbons (Fsp3) is 0.576. The van der Waals surface area contributed by atoms with Gasteiger partial charge in [-0.3, -0.25) is 9.59 Å². The highest BCUT2D eigenvalue weighted by molar-refractivity contribution is 5.82. The van der Waals surface area contributed by atoms with Crippen molar-refractivity contribution in [3.05, 3.63) is 64.2 Å². The summed E-state index contributed by atoms with van der Waals surface area (Å²) in [5.41, 5.74) is 5.62. The van der Waals surface area contributed by atoms with Gasteiger partial charge in [0.05, 0.1) is 6.10 Å². The highest BCUT2D eigenvalue weighted by atomic mass is 16.5. The van der Waals surface area contributed by atoms with E-state index in [9.17, 15) is 14.7 Å². The maximum atomic E-state index is 11.8. The molecule has 2 rings (SSSR count). The van der Waals surface area contributed by atoms with Gasteiger partial charge in [-0.25, -0.2) is 0 Å². The van der Waals surface area contributed by atoms with Gasteiger partial charge in [-0.15, -0.1) is 0 Å². The quantitative estimate of drug-likeness (QED) is 0.276. The third-order valence-electron chi connectivity index (χ3n) is 7.31. The molecule has 0 spiro atoms. The van der Waals surface area contributed by atoms with Crippen molar-refractivity contribution in [2.24, 2.45) is 5.41 Å². The van der Waals surface area contributed by atoms with Gasteiger partial charge in [0.2, 0.25) is 0 Å². The number of aryl methyl sites for hydroxylation is 3. The van der Waals surface area contributed by atoms with E-state index in [2.05, 4.69) is 91.0 Å². The molecule has 3 N–H and O–H groups in total. The van der Waals surface area contributed by atoms with Crippen molar-refractivity contribution in [1.82, 2.24) is 5.32 Å². The van der Waals surface area contributed by atoms with E-state index >= 15 is 0 Å². The molecule has 0 saturated heterocycles. The van der Waals surface area contributed by atoms with E-state index < -0.39 is 18.4 Å². The van der Waals surface area contributed by atoms with E-state index in [-0.39, 0.29) is 23.5 Å². The molecule has 0 fully saturated rings. The summed E-state index contributed by atoms with van der Waals surface area (Å²) < 4.78 is 5.65. The van der Waals surface area contributed by atoms with Crippen LogP contribution in [0.2, 0.25) is 0 Å². The molecule has 0 heterocycles. The molecule has 0 aliphatic carbocycles. The van der Waals surface area contributed by atoms with Crippen LogP contribution in [0.25, 0.3) is 0 Å². The average Bonchev–Trinajstić information content (AvgIpc) is 2.87. The standard InChI is InChI=1S/C30H43NO5.C3H8/c1-8-30(9-2,23-12-10-22(20(3)16-23)11-15-26(32)29(5,6)7)24-13-14-25(21(4)17-24)36-19-27(33)31-18-28(34)35;1-3-2/h10,12-14,16-17,26,32H,8-9,11,15,18-19H2,1-7H3,(H,31,33)(H,34,35);3H2,1-2H3. The number of aliphatic carboxylic acids is 1. The van der Waals surface area contributed by atoms with Crippen LogP contribution < -0.4 is 10.1 Å². The maximum absolute atomic E-state index is 11.8. The number of aliphatic hydroxyl groups is 1. The van der Waals surface area contributed by atoms with Crippen LogP contribution in [0, 0.1) is 19.3 Å². The summed E-state index contributed by atoms with van der Waals surface area (Å²) in [6.45, 7) is 18.3. The maximum Gasteiger partial charge on any atom is 0.322 e. The van der Waals surface area contributed by atoms with Gasteiger partial charge in [0, 0.05) is 5.41 Å². The topological polar surface area (TPSA) is 95.9 Å². The van der Waals surface area contributed by atoms with Gasteiger partial charge in [-0.1, -0.05) is 85.2 Å². The zero-order valence-corrected chi connectivity index (χ0v) is 25.6. The Balaban J connectivity index is 0.00000242. The summed E-state index contributed by atoms with van der Waals surface area (Å²) in [7, 11) is 0. The second-order valence-corrected chi connectivity index (χ2v) is 11.5. The molecule has 0 aromatic heterocycles. The highest BCUT2D eigenvalue weighted by Crippen LogP contribution is 2.41. The summed E-state index contributed by atoms with van der Waals surface area (Å²) in [6.07, 6.45) is 4.37. The molecule has 6 nitrogen and oxygen atoms in total. The van der Waals surface area contributed by atoms with Gasteiger partial charge in [-0.2, -0.15) is 0 Å². The Hall–Kier alpha value is -2.86. The Morgan fingerprint density at radius 2 is 1.46 bits per heavy atom. The number of benzene rings is 2. The molecule has 1 atom stereocenters. The molecular weight excluding hydrogens is 490 g/mol. The lowest BCUT2D eigenvalue weighted by Crippen LogP contribution is -2.33. The monoisotopic (exact) mass is 541 g/mol. The minimum Gasteiger partial charge on any atom is -0.484 e. The predicted molar refractivity (Wildman–Crippen MR) is 160 cm³/mol. The van der Waals surface area contributed by atoms with E-state index in [1.807, 2.05) is 13.0 Å². The highest BCUT2D eigenvalue weighted by Gasteiger charge is 2.31. The fourth-order valence-electron chi connectivity index (χ4n) is 4.71. The van der Waals surface area contributed by atoms with Gasteiger partial charge in [0.1, 0.15) is 12.3 Å². The lowest BCUT2D eigenvalue weighted by molar-refractivity contribution is -0.138. The number of carboxylic acids is 1. The lowest BCUT2D eigenvalue weighted by Gasteiger charge is -2.34. The van der Waals surface area contributed by atoms with Crippen molar-refractivity contribution in [2.75, 3.05) is 13.2 Å². The van der Waals surface area contributed by atoms with E-state index in [0.717, 1.165) is 31.2 Å². The summed E-state index contributed by atoms with van der Waals surface area (Å²) in [5, 5.41) is 21.4. The number of carboxylic acid groups (broad SMARTS) is 1. The number of hydrogen-bond donors (Lipinski definition) is 3. The molecule has 39 heavy (non-hydrogen) atoms. The average molecular weight is 542 g/mol. The Morgan fingerprint density at radius 1 is 0.923 bits per heavy atom. The smallest absolute Gasteiger partial charge is 0.322 e. The molecule has 0 radical (unpaired) electrons. The van der Waals surface area contributed by atoms with Gasteiger partial charge in [-0.05, 0) is 78.8 Å². The van der Waals surface area contributed by atoms with E-state index in [1.54, 1.807) is 0 Å². The van der Waals surface area contributed by atoms with Crippen LogP contribution in [0.3, 0.4) is 0 Å². The van der Waals surface area contributed by atoms with E-state index in [4.69, 9.17) is 9.84 Å². The molecule has 6 heteroatoms. The molecule has 0 aliphatic rings. The first-order valence-corrected chi connectivity index (χ1v) is 14.3. The Kier molecular flexibility index (Phi) is 13.7. The molecule has 0 aliphatic heterocycles. The molecule has 0 bridgehead atoms. The number of ether oxygens (including phenoxy) is 1.